The van der Waals surface area contributed by atoms with Gasteiger partial charge in [-0.2, -0.15) is 23.3 Å². The number of hydrogen-bond acceptors (Lipinski definition) is 7. The van der Waals surface area contributed by atoms with Gasteiger partial charge < -0.3 is 9.42 Å². The number of nitrogens with zero attached hydrogens (tertiary/aromatic N) is 6. The van der Waals surface area contributed by atoms with E-state index in [1.165, 1.54) is 12.4 Å². The molecule has 3 aromatic rings. The van der Waals surface area contributed by atoms with E-state index in [1.807, 2.05) is 0 Å². The zero-order valence-corrected chi connectivity index (χ0v) is 14.8. The van der Waals surface area contributed by atoms with Gasteiger partial charge in [0, 0.05) is 31.0 Å². The van der Waals surface area contributed by atoms with Crippen molar-refractivity contribution < 1.29 is 22.5 Å². The number of pyridine rings is 1. The van der Waals surface area contributed by atoms with E-state index < -0.39 is 48.6 Å². The molecular weight excluding hydrogens is 395 g/mol. The number of halogens is 3. The summed E-state index contributed by atoms with van der Waals surface area (Å²) in [5.74, 6) is -1.28. The Bertz CT molecular complexity index is 1080. The first-order valence-corrected chi connectivity index (χ1v) is 8.49. The summed E-state index contributed by atoms with van der Waals surface area (Å²) in [6.07, 6.45) is -1.15. The fraction of sp³-hybridized carbons (Fsp3) is 0.375. The Hall–Kier alpha value is -3.51. The maximum Gasteiger partial charge on any atom is 0.405 e. The number of carbonyl (C=O) groups is 1. The molecule has 1 saturated heterocycles. The second kappa shape index (κ2) is 6.83. The Labute approximate surface area is 160 Å². The van der Waals surface area contributed by atoms with Gasteiger partial charge >= 0.3 is 11.9 Å². The average Bonchev–Trinajstić information content (AvgIpc) is 3.42. The van der Waals surface area contributed by atoms with E-state index in [0.29, 0.717) is 5.56 Å². The minimum absolute atomic E-state index is 0.0218. The molecule has 0 radical (unpaired) electrons. The Morgan fingerprint density at radius 2 is 2.21 bits per heavy atom. The minimum Gasteiger partial charge on any atom is -0.340 e. The summed E-state index contributed by atoms with van der Waals surface area (Å²) in [6.45, 7) is -1.28. The number of likely N-dealkylation sites (tertiary alicyclic amines) is 1. The van der Waals surface area contributed by atoms with Crippen LogP contribution in [0.3, 0.4) is 0 Å². The summed E-state index contributed by atoms with van der Waals surface area (Å²) in [5, 5.41) is 9.25. The minimum atomic E-state index is -4.73. The number of rotatable bonds is 4. The van der Waals surface area contributed by atoms with E-state index >= 15 is 0 Å². The Morgan fingerprint density at radius 1 is 1.38 bits per heavy atom. The van der Waals surface area contributed by atoms with Gasteiger partial charge in [0.15, 0.2) is 5.41 Å². The molecule has 1 aliphatic heterocycles. The first-order chi connectivity index (χ1) is 13.8. The van der Waals surface area contributed by atoms with Crippen molar-refractivity contribution in [1.82, 2.24) is 34.8 Å². The average molecular weight is 409 g/mol. The molecule has 1 N–H and O–H groups in total. The van der Waals surface area contributed by atoms with Crippen molar-refractivity contribution in [3.63, 3.8) is 0 Å². The zero-order chi connectivity index (χ0) is 20.6. The lowest BCUT2D eigenvalue weighted by Gasteiger charge is -2.27. The van der Waals surface area contributed by atoms with Gasteiger partial charge in [0.25, 0.3) is 0 Å². The molecule has 0 aliphatic carbocycles. The van der Waals surface area contributed by atoms with E-state index in [1.54, 1.807) is 12.1 Å². The summed E-state index contributed by atoms with van der Waals surface area (Å²) < 4.78 is 48.1. The van der Waals surface area contributed by atoms with Crippen molar-refractivity contribution in [2.45, 2.75) is 24.6 Å². The van der Waals surface area contributed by atoms with E-state index in [0.717, 1.165) is 15.8 Å². The summed E-state index contributed by atoms with van der Waals surface area (Å²) >= 11 is 0. The first kappa shape index (κ1) is 18.8. The van der Waals surface area contributed by atoms with Crippen LogP contribution in [-0.2, 0) is 16.8 Å². The van der Waals surface area contributed by atoms with Gasteiger partial charge in [-0.05, 0) is 18.6 Å². The molecule has 4 heterocycles. The lowest BCUT2D eigenvalue weighted by molar-refractivity contribution is -0.193. The molecule has 13 heteroatoms. The molecule has 152 valence electrons. The molecule has 0 bridgehead atoms. The SMILES string of the molecule is O=C(Cn1cn[nH]c1=O)N1CCC(c2nc(-c3cccnc3)no2)(C(F)(F)F)C1. The van der Waals surface area contributed by atoms with Gasteiger partial charge in [0.2, 0.25) is 17.6 Å². The Kier molecular flexibility index (Phi) is 4.43. The molecular formula is C16H14F3N7O3. The lowest BCUT2D eigenvalue weighted by Crippen LogP contribution is -2.46. The molecule has 1 unspecified atom stereocenters. The zero-order valence-electron chi connectivity index (χ0n) is 14.8. The van der Waals surface area contributed by atoms with E-state index in [9.17, 15) is 22.8 Å². The van der Waals surface area contributed by atoms with E-state index in [-0.39, 0.29) is 12.4 Å². The molecule has 1 aliphatic rings. The molecule has 4 rings (SSSR count). The van der Waals surface area contributed by atoms with Gasteiger partial charge in [-0.25, -0.2) is 9.89 Å². The third-order valence-electron chi connectivity index (χ3n) is 4.84. The van der Waals surface area contributed by atoms with Crippen LogP contribution >= 0.6 is 0 Å². The van der Waals surface area contributed by atoms with Gasteiger partial charge in [0.1, 0.15) is 12.9 Å². The van der Waals surface area contributed by atoms with Crippen LogP contribution in [0.25, 0.3) is 11.4 Å². The fourth-order valence-electron chi connectivity index (χ4n) is 3.21. The first-order valence-electron chi connectivity index (χ1n) is 8.49. The molecule has 3 aromatic heterocycles. The van der Waals surface area contributed by atoms with Crippen LogP contribution < -0.4 is 5.69 Å². The van der Waals surface area contributed by atoms with Crippen LogP contribution in [-0.4, -0.2) is 60.0 Å². The third-order valence-corrected chi connectivity index (χ3v) is 4.84. The van der Waals surface area contributed by atoms with E-state index in [4.69, 9.17) is 4.52 Å². The van der Waals surface area contributed by atoms with Crippen LogP contribution in [0.15, 0.2) is 40.2 Å². The fourth-order valence-corrected chi connectivity index (χ4v) is 3.21. The van der Waals surface area contributed by atoms with Crippen LogP contribution in [0, 0.1) is 0 Å². The van der Waals surface area contributed by atoms with Gasteiger partial charge in [-0.15, -0.1) is 0 Å². The predicted molar refractivity (Wildman–Crippen MR) is 89.3 cm³/mol. The largest absolute Gasteiger partial charge is 0.405 e. The normalized spacial score (nSPS) is 19.6. The quantitative estimate of drug-likeness (QED) is 0.675. The number of carbonyl (C=O) groups excluding carboxylic acids is 1. The Morgan fingerprint density at radius 3 is 2.86 bits per heavy atom. The summed E-state index contributed by atoms with van der Waals surface area (Å²) in [6, 6.07) is 3.19. The highest BCUT2D eigenvalue weighted by atomic mass is 19.4. The molecule has 0 saturated carbocycles. The molecule has 1 amide bonds. The van der Waals surface area contributed by atoms with Crippen molar-refractivity contribution in [2.24, 2.45) is 0 Å². The van der Waals surface area contributed by atoms with Crippen molar-refractivity contribution in [1.29, 1.82) is 0 Å². The maximum absolute atomic E-state index is 14.0. The number of amides is 1. The molecule has 1 fully saturated rings. The number of H-pyrrole nitrogens is 1. The highest BCUT2D eigenvalue weighted by Gasteiger charge is 2.63. The molecule has 0 spiro atoms. The van der Waals surface area contributed by atoms with Crippen molar-refractivity contribution in [3.05, 3.63) is 47.2 Å². The monoisotopic (exact) mass is 409 g/mol. The van der Waals surface area contributed by atoms with Gasteiger partial charge in [0.05, 0.1) is 0 Å². The van der Waals surface area contributed by atoms with Crippen LogP contribution in [0.5, 0.6) is 0 Å². The lowest BCUT2D eigenvalue weighted by atomic mass is 9.86. The van der Waals surface area contributed by atoms with Crippen LogP contribution in [0.2, 0.25) is 0 Å². The topological polar surface area (TPSA) is 123 Å². The Balaban J connectivity index is 1.61. The summed E-state index contributed by atoms with van der Waals surface area (Å²) in [4.78, 5) is 32.7. The number of hydrogen-bond donors (Lipinski definition) is 1. The molecule has 1 atom stereocenters. The second-order valence-electron chi connectivity index (χ2n) is 6.60. The molecule has 29 heavy (non-hydrogen) atoms. The predicted octanol–water partition coefficient (Wildman–Crippen LogP) is 0.749. The van der Waals surface area contributed by atoms with Gasteiger partial charge in [-0.3, -0.25) is 14.3 Å². The highest BCUT2D eigenvalue weighted by molar-refractivity contribution is 5.76. The van der Waals surface area contributed by atoms with Crippen LogP contribution in [0.4, 0.5) is 13.2 Å². The number of aromatic amines is 1. The van der Waals surface area contributed by atoms with Crippen molar-refractivity contribution >= 4 is 5.91 Å². The molecule has 0 aromatic carbocycles. The van der Waals surface area contributed by atoms with Gasteiger partial charge in [-0.1, -0.05) is 5.16 Å². The second-order valence-corrected chi connectivity index (χ2v) is 6.60. The number of nitrogens with one attached hydrogen (secondary N) is 1. The summed E-state index contributed by atoms with van der Waals surface area (Å²) in [7, 11) is 0. The van der Waals surface area contributed by atoms with Crippen molar-refractivity contribution in [3.8, 4) is 11.4 Å². The van der Waals surface area contributed by atoms with Crippen LogP contribution in [0.1, 0.15) is 12.3 Å². The van der Waals surface area contributed by atoms with E-state index in [2.05, 4.69) is 25.3 Å². The molecule has 10 nitrogen and oxygen atoms in total. The highest BCUT2D eigenvalue weighted by Crippen LogP contribution is 2.47. The third kappa shape index (κ3) is 3.28. The van der Waals surface area contributed by atoms with Crippen molar-refractivity contribution in [2.75, 3.05) is 13.1 Å². The smallest absolute Gasteiger partial charge is 0.340 e. The number of aromatic nitrogens is 6. The summed E-state index contributed by atoms with van der Waals surface area (Å²) in [5.41, 5.74) is -2.71. The maximum atomic E-state index is 14.0. The standard InChI is InChI=1S/C16H14F3N7O3/c17-16(18,19)15(13-22-12(24-29-13)10-2-1-4-20-6-10)3-5-25(8-15)11(27)7-26-9-21-23-14(26)28/h1-2,4,6,9H,3,5,7-8H2,(H,23,28). The number of alkyl halides is 3.